The minimum absolute atomic E-state index is 1.56. The molecule has 0 amide bonds. The number of alkyl halides is 13. The van der Waals surface area contributed by atoms with Gasteiger partial charge in [0.05, 0.1) is 0 Å². The summed E-state index contributed by atoms with van der Waals surface area (Å²) < 4.78 is 202. The van der Waals surface area contributed by atoms with Crippen molar-refractivity contribution in [3.63, 3.8) is 0 Å². The van der Waals surface area contributed by atoms with E-state index in [2.05, 4.69) is 0 Å². The first-order valence-electron chi connectivity index (χ1n) is 5.41. The van der Waals surface area contributed by atoms with Crippen molar-refractivity contribution in [2.24, 2.45) is 0 Å². The van der Waals surface area contributed by atoms with Crippen molar-refractivity contribution in [1.29, 1.82) is 0 Å². The second-order valence-corrected chi connectivity index (χ2v) is 3.91. The van der Waals surface area contributed by atoms with E-state index in [4.69, 9.17) is 0 Å². The molecular formula is C8F16O4. The molecule has 0 unspecified atom stereocenters. The highest BCUT2D eigenvalue weighted by molar-refractivity contribution is 5.00. The summed E-state index contributed by atoms with van der Waals surface area (Å²) in [5.74, 6) is -4.18. The molecule has 0 aromatic heterocycles. The maximum absolute atomic E-state index is 12.8. The van der Waals surface area contributed by atoms with Gasteiger partial charge >= 0.3 is 43.4 Å². The molecule has 0 rings (SSSR count). The molecule has 0 aliphatic carbocycles. The molecule has 0 spiro atoms. The summed E-state index contributed by atoms with van der Waals surface area (Å²) >= 11 is 0. The molecule has 4 nitrogen and oxygen atoms in total. The van der Waals surface area contributed by atoms with Gasteiger partial charge in [0.1, 0.15) is 0 Å². The Hall–Kier alpha value is -1.54. The van der Waals surface area contributed by atoms with Gasteiger partial charge in [-0.15, -0.1) is 30.7 Å². The van der Waals surface area contributed by atoms with Crippen LogP contribution in [-0.4, -0.2) is 37.3 Å². The van der Waals surface area contributed by atoms with Crippen LogP contribution in [-0.2, 0) is 18.9 Å². The lowest BCUT2D eigenvalue weighted by molar-refractivity contribution is -0.603. The van der Waals surface area contributed by atoms with Crippen LogP contribution in [0.5, 0.6) is 0 Å². The van der Waals surface area contributed by atoms with Crippen molar-refractivity contribution in [1.82, 2.24) is 0 Å². The van der Waals surface area contributed by atoms with Crippen LogP contribution in [0.3, 0.4) is 0 Å². The normalized spacial score (nSPS) is 15.0. The third kappa shape index (κ3) is 7.83. The van der Waals surface area contributed by atoms with E-state index < -0.39 is 49.2 Å². The molecule has 0 aromatic carbocycles. The zero-order chi connectivity index (χ0) is 23.0. The topological polar surface area (TPSA) is 36.9 Å². The van der Waals surface area contributed by atoms with E-state index in [1.54, 1.807) is 18.9 Å². The van der Waals surface area contributed by atoms with Crippen molar-refractivity contribution >= 4 is 0 Å². The predicted octanol–water partition coefficient (Wildman–Crippen LogP) is 5.53. The summed E-state index contributed by atoms with van der Waals surface area (Å²) in [7, 11) is 0. The van der Waals surface area contributed by atoms with Crippen LogP contribution in [0.4, 0.5) is 70.2 Å². The molecule has 28 heavy (non-hydrogen) atoms. The highest BCUT2D eigenvalue weighted by Crippen LogP contribution is 2.46. The Kier molecular flexibility index (Phi) is 7.28. The van der Waals surface area contributed by atoms with Crippen molar-refractivity contribution in [3.05, 3.63) is 11.9 Å². The second-order valence-electron chi connectivity index (χ2n) is 3.91. The van der Waals surface area contributed by atoms with Crippen LogP contribution in [0.1, 0.15) is 0 Å². The summed E-state index contributed by atoms with van der Waals surface area (Å²) in [6, 6.07) is 0. The quantitative estimate of drug-likeness (QED) is 0.333. The molecule has 0 aliphatic heterocycles. The summed E-state index contributed by atoms with van der Waals surface area (Å²) in [5, 5.41) is 0. The molecule has 0 N–H and O–H groups in total. The number of rotatable bonds is 9. The minimum Gasteiger partial charge on any atom is -0.242 e. The number of hydrogen-bond acceptors (Lipinski definition) is 4. The molecule has 0 bridgehead atoms. The molecule has 0 saturated heterocycles. The van der Waals surface area contributed by atoms with Crippen molar-refractivity contribution in [3.8, 4) is 0 Å². The SMILES string of the molecule is FC(F)=C(F)C(F)(F)OC(F)(F)C(F)(F)OC(F)(F)OC(F)(F)OC(F)(F)F. The average molecular weight is 464 g/mol. The third-order valence-corrected chi connectivity index (χ3v) is 1.74. The fraction of sp³-hybridized carbons (Fsp3) is 0.750. The fourth-order valence-electron chi connectivity index (χ4n) is 0.899. The first-order valence-corrected chi connectivity index (χ1v) is 5.41. The van der Waals surface area contributed by atoms with Gasteiger partial charge in [-0.25, -0.2) is 14.2 Å². The Bertz CT molecular complexity index is 576. The lowest BCUT2D eigenvalue weighted by Gasteiger charge is -2.31. The number of hydrogen-bond donors (Lipinski definition) is 0. The van der Waals surface area contributed by atoms with Crippen LogP contribution >= 0.6 is 0 Å². The Balaban J connectivity index is 5.50. The van der Waals surface area contributed by atoms with Gasteiger partial charge in [-0.2, -0.15) is 44.3 Å². The van der Waals surface area contributed by atoms with Crippen LogP contribution in [0, 0.1) is 0 Å². The largest absolute Gasteiger partial charge is 0.529 e. The Labute approximate surface area is 140 Å². The van der Waals surface area contributed by atoms with Gasteiger partial charge in [0, 0.05) is 0 Å². The van der Waals surface area contributed by atoms with Gasteiger partial charge in [0.2, 0.25) is 0 Å². The van der Waals surface area contributed by atoms with Crippen molar-refractivity contribution in [2.45, 2.75) is 37.3 Å². The molecule has 0 atom stereocenters. The highest BCUT2D eigenvalue weighted by Gasteiger charge is 2.70. The van der Waals surface area contributed by atoms with Gasteiger partial charge in [0.15, 0.2) is 0 Å². The molecule has 20 heteroatoms. The van der Waals surface area contributed by atoms with E-state index >= 15 is 0 Å². The van der Waals surface area contributed by atoms with Gasteiger partial charge in [0.25, 0.3) is 5.83 Å². The first-order chi connectivity index (χ1) is 11.9. The Morgan fingerprint density at radius 2 is 0.821 bits per heavy atom. The van der Waals surface area contributed by atoms with Crippen LogP contribution in [0.2, 0.25) is 0 Å². The zero-order valence-corrected chi connectivity index (χ0v) is 11.7. The molecular weight excluding hydrogens is 464 g/mol. The smallest absolute Gasteiger partial charge is 0.242 e. The molecule has 0 saturated carbocycles. The van der Waals surface area contributed by atoms with Crippen molar-refractivity contribution < 1.29 is 89.2 Å². The maximum Gasteiger partial charge on any atom is 0.529 e. The summed E-state index contributed by atoms with van der Waals surface area (Å²) in [5.41, 5.74) is 0. The Morgan fingerprint density at radius 3 is 1.18 bits per heavy atom. The summed E-state index contributed by atoms with van der Waals surface area (Å²) in [4.78, 5) is 0. The number of halogens is 16. The minimum atomic E-state index is -7.21. The third-order valence-electron chi connectivity index (χ3n) is 1.74. The van der Waals surface area contributed by atoms with Gasteiger partial charge in [-0.3, -0.25) is 0 Å². The van der Waals surface area contributed by atoms with E-state index in [1.807, 2.05) is 0 Å². The van der Waals surface area contributed by atoms with Crippen LogP contribution in [0.25, 0.3) is 0 Å². The lowest BCUT2D eigenvalue weighted by Crippen LogP contribution is -2.53. The van der Waals surface area contributed by atoms with Crippen LogP contribution < -0.4 is 0 Å². The highest BCUT2D eigenvalue weighted by atomic mass is 19.4. The Morgan fingerprint density at radius 1 is 0.464 bits per heavy atom. The monoisotopic (exact) mass is 464 g/mol. The van der Waals surface area contributed by atoms with E-state index in [0.717, 1.165) is 0 Å². The van der Waals surface area contributed by atoms with Gasteiger partial charge in [-0.1, -0.05) is 0 Å². The second kappa shape index (κ2) is 7.71. The molecule has 0 aliphatic rings. The van der Waals surface area contributed by atoms with E-state index in [-0.39, 0.29) is 0 Å². The van der Waals surface area contributed by atoms with Crippen molar-refractivity contribution in [2.75, 3.05) is 0 Å². The zero-order valence-electron chi connectivity index (χ0n) is 11.7. The van der Waals surface area contributed by atoms with Gasteiger partial charge < -0.3 is 0 Å². The molecule has 168 valence electrons. The predicted molar refractivity (Wildman–Crippen MR) is 45.5 cm³/mol. The summed E-state index contributed by atoms with van der Waals surface area (Å²) in [6.07, 6.45) is -44.9. The van der Waals surface area contributed by atoms with Gasteiger partial charge in [-0.05, 0) is 0 Å². The maximum atomic E-state index is 12.8. The molecule has 0 heterocycles. The lowest BCUT2D eigenvalue weighted by atomic mass is 10.5. The fourth-order valence-corrected chi connectivity index (χ4v) is 0.899. The molecule has 0 radical (unpaired) electrons. The van der Waals surface area contributed by atoms with E-state index in [1.165, 1.54) is 0 Å². The average Bonchev–Trinajstić information content (AvgIpc) is 2.29. The number of ether oxygens (including phenoxy) is 4. The first kappa shape index (κ1) is 26.5. The van der Waals surface area contributed by atoms with Crippen LogP contribution in [0.15, 0.2) is 11.9 Å². The molecule has 0 aromatic rings. The summed E-state index contributed by atoms with van der Waals surface area (Å²) in [6.45, 7) is 0. The van der Waals surface area contributed by atoms with E-state index in [0.29, 0.717) is 0 Å². The van der Waals surface area contributed by atoms with E-state index in [9.17, 15) is 70.2 Å². The molecule has 0 fully saturated rings. The standard InChI is InChI=1S/C8F16O4/c9-1(2(10)11)3(12,13)25-4(14,15)5(16,17)26-7(21,22)28-8(23,24)27-6(18,19)20.